The molecule has 3 aromatic rings. The Kier molecular flexibility index (Phi) is 4.26. The van der Waals surface area contributed by atoms with Gasteiger partial charge < -0.3 is 15.0 Å². The van der Waals surface area contributed by atoms with Gasteiger partial charge in [-0.05, 0) is 38.3 Å². The summed E-state index contributed by atoms with van der Waals surface area (Å²) in [6, 6.07) is 7.94. The molecule has 6 heteroatoms. The van der Waals surface area contributed by atoms with Crippen molar-refractivity contribution in [2.24, 2.45) is 0 Å². The van der Waals surface area contributed by atoms with E-state index >= 15 is 0 Å². The molecule has 2 aromatic heterocycles. The molecule has 2 N–H and O–H groups in total. The second kappa shape index (κ2) is 6.59. The van der Waals surface area contributed by atoms with Gasteiger partial charge in [0.25, 0.3) is 0 Å². The van der Waals surface area contributed by atoms with E-state index in [0.717, 1.165) is 43.1 Å². The smallest absolute Gasteiger partial charge is 0.344 e. The number of ether oxygens (including phenoxy) is 1. The second-order valence-electron chi connectivity index (χ2n) is 7.08. The topological polar surface area (TPSA) is 83.0 Å². The van der Waals surface area contributed by atoms with Crippen molar-refractivity contribution in [3.05, 3.63) is 29.8 Å². The Balaban J connectivity index is 1.95. The molecule has 0 saturated heterocycles. The maximum atomic E-state index is 12.8. The fraction of sp³-hybridized carbons (Fsp3) is 0.450. The van der Waals surface area contributed by atoms with Gasteiger partial charge >= 0.3 is 5.97 Å². The highest BCUT2D eigenvalue weighted by Gasteiger charge is 2.30. The van der Waals surface area contributed by atoms with Crippen molar-refractivity contribution in [2.75, 3.05) is 5.73 Å². The number of fused-ring (bicyclic) bond motifs is 2. The van der Waals surface area contributed by atoms with E-state index in [0.29, 0.717) is 22.5 Å². The number of carbonyl (C=O) groups is 1. The number of carbonyl (C=O) groups excluding carboxylic acids is 1. The molecule has 1 aliphatic rings. The number of nitrogen functional groups attached to an aromatic ring is 1. The second-order valence-corrected chi connectivity index (χ2v) is 7.08. The van der Waals surface area contributed by atoms with Gasteiger partial charge in [-0.15, -0.1) is 0 Å². The monoisotopic (exact) mass is 352 g/mol. The van der Waals surface area contributed by atoms with Crippen molar-refractivity contribution in [1.29, 1.82) is 0 Å². The average Bonchev–Trinajstić information content (AvgIpc) is 3.24. The lowest BCUT2D eigenvalue weighted by Gasteiger charge is -2.15. The Morgan fingerprint density at radius 3 is 2.58 bits per heavy atom. The van der Waals surface area contributed by atoms with Gasteiger partial charge in [-0.1, -0.05) is 31.9 Å². The van der Waals surface area contributed by atoms with Crippen molar-refractivity contribution in [2.45, 2.75) is 58.1 Å². The van der Waals surface area contributed by atoms with Crippen LogP contribution in [0.4, 0.5) is 5.82 Å². The first-order chi connectivity index (χ1) is 12.6. The quantitative estimate of drug-likeness (QED) is 0.710. The van der Waals surface area contributed by atoms with Crippen LogP contribution in [0.5, 0.6) is 0 Å². The van der Waals surface area contributed by atoms with E-state index in [1.54, 1.807) is 0 Å². The van der Waals surface area contributed by atoms with E-state index in [4.69, 9.17) is 20.4 Å². The molecule has 1 aliphatic carbocycles. The number of hydrogen-bond acceptors (Lipinski definition) is 5. The summed E-state index contributed by atoms with van der Waals surface area (Å²) in [5.41, 5.74) is 9.59. The van der Waals surface area contributed by atoms with Gasteiger partial charge in [0.15, 0.2) is 5.65 Å². The number of nitrogens with zero attached hydrogens (tertiary/aromatic N) is 3. The van der Waals surface area contributed by atoms with Crippen LogP contribution in [-0.2, 0) is 4.74 Å². The van der Waals surface area contributed by atoms with E-state index in [2.05, 4.69) is 0 Å². The third-order valence-electron chi connectivity index (χ3n) is 5.31. The lowest BCUT2D eigenvalue weighted by molar-refractivity contribution is 0.0337. The Bertz CT molecular complexity index is 973. The molecule has 0 aliphatic heterocycles. The molecule has 0 amide bonds. The van der Waals surface area contributed by atoms with Crippen molar-refractivity contribution in [3.63, 3.8) is 0 Å². The van der Waals surface area contributed by atoms with Crippen LogP contribution in [0, 0.1) is 0 Å². The number of nitrogens with two attached hydrogens (primary N) is 1. The van der Waals surface area contributed by atoms with E-state index < -0.39 is 5.97 Å². The summed E-state index contributed by atoms with van der Waals surface area (Å²) in [6.45, 7) is 3.86. The highest BCUT2D eigenvalue weighted by molar-refractivity contribution is 6.08. The van der Waals surface area contributed by atoms with Crippen LogP contribution in [0.2, 0.25) is 0 Å². The molecule has 6 nitrogen and oxygen atoms in total. The molecule has 0 unspecified atom stereocenters. The summed E-state index contributed by atoms with van der Waals surface area (Å²) < 4.78 is 7.57. The molecule has 1 aromatic carbocycles. The van der Waals surface area contributed by atoms with Gasteiger partial charge in [0.2, 0.25) is 0 Å². The van der Waals surface area contributed by atoms with Crippen LogP contribution in [0.25, 0.3) is 22.2 Å². The molecule has 0 radical (unpaired) electrons. The number of anilines is 1. The SMILES string of the molecule is CC[C@H](C)OC(=O)c1c(N)n(C2CCCC2)c2nc3ccccc3nc12. The number of aromatic nitrogens is 3. The standard InChI is InChI=1S/C20H24N4O2/c1-3-12(2)26-20(25)16-17-19(23-15-11-7-6-10-14(15)22-17)24(18(16)21)13-8-4-5-9-13/h6-7,10-13H,3-5,8-9,21H2,1-2H3/t12-/m0/s1. The zero-order chi connectivity index (χ0) is 18.3. The normalized spacial score (nSPS) is 16.4. The third kappa shape index (κ3) is 2.69. The molecular weight excluding hydrogens is 328 g/mol. The fourth-order valence-corrected chi connectivity index (χ4v) is 3.74. The highest BCUT2D eigenvalue weighted by atomic mass is 16.5. The average molecular weight is 352 g/mol. The van der Waals surface area contributed by atoms with Crippen molar-refractivity contribution in [3.8, 4) is 0 Å². The molecule has 2 heterocycles. The minimum Gasteiger partial charge on any atom is -0.459 e. The molecule has 1 fully saturated rings. The summed E-state index contributed by atoms with van der Waals surface area (Å²) in [5, 5.41) is 0. The largest absolute Gasteiger partial charge is 0.459 e. The lowest BCUT2D eigenvalue weighted by Crippen LogP contribution is -2.16. The third-order valence-corrected chi connectivity index (χ3v) is 5.31. The highest BCUT2D eigenvalue weighted by Crippen LogP contribution is 2.38. The molecular formula is C20H24N4O2. The summed E-state index contributed by atoms with van der Waals surface area (Å²) in [4.78, 5) is 22.3. The predicted octanol–water partition coefficient (Wildman–Crippen LogP) is 4.24. The minimum atomic E-state index is -0.414. The Labute approximate surface area is 152 Å². The molecule has 136 valence electrons. The maximum absolute atomic E-state index is 12.8. The molecule has 0 bridgehead atoms. The zero-order valence-electron chi connectivity index (χ0n) is 15.2. The Hall–Kier alpha value is -2.63. The Morgan fingerprint density at radius 1 is 1.27 bits per heavy atom. The van der Waals surface area contributed by atoms with Crippen LogP contribution in [0.1, 0.15) is 62.4 Å². The van der Waals surface area contributed by atoms with E-state index in [-0.39, 0.29) is 12.1 Å². The zero-order valence-corrected chi connectivity index (χ0v) is 15.2. The first-order valence-corrected chi connectivity index (χ1v) is 9.37. The molecule has 26 heavy (non-hydrogen) atoms. The summed E-state index contributed by atoms with van der Waals surface area (Å²) in [7, 11) is 0. The van der Waals surface area contributed by atoms with Crippen molar-refractivity contribution in [1.82, 2.24) is 14.5 Å². The predicted molar refractivity (Wildman–Crippen MR) is 102 cm³/mol. The maximum Gasteiger partial charge on any atom is 0.344 e. The van der Waals surface area contributed by atoms with Gasteiger partial charge in [-0.25, -0.2) is 14.8 Å². The summed E-state index contributed by atoms with van der Waals surface area (Å²) >= 11 is 0. The van der Waals surface area contributed by atoms with Gasteiger partial charge in [0, 0.05) is 6.04 Å². The van der Waals surface area contributed by atoms with E-state index in [1.165, 1.54) is 0 Å². The molecule has 4 rings (SSSR count). The fourth-order valence-electron chi connectivity index (χ4n) is 3.74. The van der Waals surface area contributed by atoms with Crippen LogP contribution >= 0.6 is 0 Å². The summed E-state index contributed by atoms with van der Waals surface area (Å²) in [6.07, 6.45) is 5.00. The van der Waals surface area contributed by atoms with Crippen molar-refractivity contribution >= 4 is 34.0 Å². The Morgan fingerprint density at radius 2 is 1.92 bits per heavy atom. The van der Waals surface area contributed by atoms with E-state index in [9.17, 15) is 4.79 Å². The van der Waals surface area contributed by atoms with Gasteiger partial charge in [-0.3, -0.25) is 0 Å². The first kappa shape index (κ1) is 16.8. The lowest BCUT2D eigenvalue weighted by atomic mass is 10.2. The van der Waals surface area contributed by atoms with Crippen LogP contribution < -0.4 is 5.73 Å². The number of benzene rings is 1. The number of hydrogen-bond donors (Lipinski definition) is 1. The summed E-state index contributed by atoms with van der Waals surface area (Å²) in [5.74, 6) is 0.0127. The van der Waals surface area contributed by atoms with Gasteiger partial charge in [-0.2, -0.15) is 0 Å². The number of para-hydroxylation sites is 2. The first-order valence-electron chi connectivity index (χ1n) is 9.37. The number of esters is 1. The molecule has 1 atom stereocenters. The van der Waals surface area contributed by atoms with Gasteiger partial charge in [0.1, 0.15) is 16.9 Å². The molecule has 0 spiro atoms. The number of rotatable bonds is 4. The minimum absolute atomic E-state index is 0.166. The van der Waals surface area contributed by atoms with Gasteiger partial charge in [0.05, 0.1) is 17.1 Å². The van der Waals surface area contributed by atoms with Crippen LogP contribution in [0.3, 0.4) is 0 Å². The van der Waals surface area contributed by atoms with E-state index in [1.807, 2.05) is 42.7 Å². The van der Waals surface area contributed by atoms with Crippen LogP contribution in [0.15, 0.2) is 24.3 Å². The molecule has 1 saturated carbocycles. The van der Waals surface area contributed by atoms with Crippen molar-refractivity contribution < 1.29 is 9.53 Å². The van der Waals surface area contributed by atoms with Crippen LogP contribution in [-0.4, -0.2) is 26.6 Å².